The minimum Gasteiger partial charge on any atom is -0.370 e. The minimum atomic E-state index is -0.245. The van der Waals surface area contributed by atoms with Gasteiger partial charge in [0.05, 0.1) is 0 Å². The summed E-state index contributed by atoms with van der Waals surface area (Å²) in [5.41, 5.74) is 9.45. The molecule has 0 saturated carbocycles. The molecule has 0 aliphatic carbocycles. The third kappa shape index (κ3) is 36.8. The van der Waals surface area contributed by atoms with Gasteiger partial charge in [0.2, 0.25) is 23.6 Å². The summed E-state index contributed by atoms with van der Waals surface area (Å²) in [6.07, 6.45) is 1.02. The van der Waals surface area contributed by atoms with Crippen molar-refractivity contribution in [3.63, 3.8) is 0 Å². The second-order valence-electron chi connectivity index (χ2n) is 5.17. The first kappa shape index (κ1) is 29.8. The van der Waals surface area contributed by atoms with Gasteiger partial charge in [0.15, 0.2) is 0 Å². The number of hydrogen-bond donors (Lipinski definition) is 4. The average molecular weight is 348 g/mol. The summed E-state index contributed by atoms with van der Waals surface area (Å²) in [4.78, 5) is 40.0. The van der Waals surface area contributed by atoms with Crippen LogP contribution in [0.2, 0.25) is 0 Å². The van der Waals surface area contributed by atoms with Crippen molar-refractivity contribution in [2.75, 3.05) is 14.1 Å². The van der Waals surface area contributed by atoms with Gasteiger partial charge < -0.3 is 22.1 Å². The van der Waals surface area contributed by atoms with Crippen LogP contribution in [-0.2, 0) is 19.2 Å². The van der Waals surface area contributed by atoms with Crippen molar-refractivity contribution in [2.24, 2.45) is 23.3 Å². The largest absolute Gasteiger partial charge is 0.370 e. The first-order valence-corrected chi connectivity index (χ1v) is 7.90. The van der Waals surface area contributed by atoms with E-state index in [9.17, 15) is 19.2 Å². The van der Waals surface area contributed by atoms with E-state index in [1.54, 1.807) is 34.9 Å². The molecular weight excluding hydrogens is 312 g/mol. The topological polar surface area (TPSA) is 144 Å². The van der Waals surface area contributed by atoms with Crippen LogP contribution in [0.15, 0.2) is 0 Å². The predicted molar refractivity (Wildman–Crippen MR) is 96.8 cm³/mol. The molecule has 24 heavy (non-hydrogen) atoms. The van der Waals surface area contributed by atoms with Crippen molar-refractivity contribution in [1.29, 1.82) is 0 Å². The van der Waals surface area contributed by atoms with Gasteiger partial charge in [-0.2, -0.15) is 0 Å². The Bertz CT molecular complexity index is 348. The van der Waals surface area contributed by atoms with Crippen LogP contribution in [0.4, 0.5) is 0 Å². The van der Waals surface area contributed by atoms with Gasteiger partial charge in [-0.05, 0) is 0 Å². The summed E-state index contributed by atoms with van der Waals surface area (Å²) in [6, 6.07) is 0. The Hall–Kier alpha value is -2.12. The fourth-order valence-corrected chi connectivity index (χ4v) is 0.465. The molecule has 0 aliphatic heterocycles. The second kappa shape index (κ2) is 20.9. The quantitative estimate of drug-likeness (QED) is 0.587. The molecule has 0 aliphatic rings. The molecule has 4 amide bonds. The Morgan fingerprint density at radius 1 is 0.792 bits per heavy atom. The van der Waals surface area contributed by atoms with Gasteiger partial charge in [-0.1, -0.05) is 41.5 Å². The monoisotopic (exact) mass is 348 g/mol. The SMILES string of the molecule is CC(C)C(N)=O.CCC(=O)NC.CCC(N)=O.CNC(=O)C(C)C. The summed E-state index contributed by atoms with van der Waals surface area (Å²) in [5.74, 6) is -0.190. The highest BCUT2D eigenvalue weighted by Crippen LogP contribution is 1.87. The predicted octanol–water partition coefficient (Wildman–Crippen LogP) is 0.540. The van der Waals surface area contributed by atoms with E-state index in [1.807, 2.05) is 20.8 Å². The van der Waals surface area contributed by atoms with Crippen LogP contribution in [0.1, 0.15) is 54.4 Å². The first-order chi connectivity index (χ1) is 10.9. The molecule has 0 rings (SSSR count). The molecule has 0 bridgehead atoms. The molecule has 0 unspecified atom stereocenters. The van der Waals surface area contributed by atoms with Gasteiger partial charge >= 0.3 is 0 Å². The number of nitrogens with one attached hydrogen (secondary N) is 2. The molecule has 0 heterocycles. The number of carbonyl (C=O) groups is 4. The molecule has 0 aromatic rings. The Labute approximate surface area is 146 Å². The molecule has 144 valence electrons. The van der Waals surface area contributed by atoms with Gasteiger partial charge in [-0.3, -0.25) is 19.2 Å². The molecule has 0 aromatic carbocycles. The van der Waals surface area contributed by atoms with E-state index in [1.165, 1.54) is 0 Å². The van der Waals surface area contributed by atoms with Crippen LogP contribution in [0.25, 0.3) is 0 Å². The van der Waals surface area contributed by atoms with Gasteiger partial charge in [0, 0.05) is 38.8 Å². The second-order valence-corrected chi connectivity index (χ2v) is 5.17. The van der Waals surface area contributed by atoms with Crippen molar-refractivity contribution in [2.45, 2.75) is 54.4 Å². The Balaban J connectivity index is -0.000000112. The normalized spacial score (nSPS) is 8.42. The Morgan fingerprint density at radius 2 is 1.12 bits per heavy atom. The van der Waals surface area contributed by atoms with Gasteiger partial charge in [-0.15, -0.1) is 0 Å². The lowest BCUT2D eigenvalue weighted by Crippen LogP contribution is -2.22. The van der Waals surface area contributed by atoms with Crippen LogP contribution >= 0.6 is 0 Å². The zero-order valence-corrected chi connectivity index (χ0v) is 16.4. The maximum Gasteiger partial charge on any atom is 0.222 e. The van der Waals surface area contributed by atoms with Crippen molar-refractivity contribution in [3.8, 4) is 0 Å². The van der Waals surface area contributed by atoms with E-state index in [2.05, 4.69) is 16.4 Å². The van der Waals surface area contributed by atoms with Gasteiger partial charge in [0.1, 0.15) is 0 Å². The van der Waals surface area contributed by atoms with Crippen molar-refractivity contribution < 1.29 is 19.2 Å². The van der Waals surface area contributed by atoms with Gasteiger partial charge in [0.25, 0.3) is 0 Å². The third-order valence-corrected chi connectivity index (χ3v) is 2.29. The standard InChI is InChI=1S/C5H11NO.2C4H9NO.C3H7NO/c1-4(2)5(7)6-3;1-3-4(6)5-2;1-3(2)4(5)6;1-2-3(4)5/h4H,1-3H3,(H,6,7);3H2,1-2H3,(H,5,6);3H,1-2H3,(H2,5,6);2H2,1H3,(H2,4,5). The van der Waals surface area contributed by atoms with E-state index in [-0.39, 0.29) is 35.5 Å². The van der Waals surface area contributed by atoms with E-state index in [0.29, 0.717) is 12.8 Å². The number of nitrogens with two attached hydrogens (primary N) is 2. The molecule has 0 saturated heterocycles. The minimum absolute atomic E-state index is 0.00926. The molecule has 0 aromatic heterocycles. The molecule has 6 N–H and O–H groups in total. The Kier molecular flexibility index (Phi) is 26.0. The van der Waals surface area contributed by atoms with Crippen molar-refractivity contribution >= 4 is 23.6 Å². The average Bonchev–Trinajstić information content (AvgIpc) is 2.54. The van der Waals surface area contributed by atoms with Gasteiger partial charge in [-0.25, -0.2) is 0 Å². The van der Waals surface area contributed by atoms with E-state index < -0.39 is 0 Å². The molecule has 8 nitrogen and oxygen atoms in total. The molecule has 0 fully saturated rings. The zero-order valence-electron chi connectivity index (χ0n) is 16.4. The number of primary amides is 2. The maximum atomic E-state index is 10.4. The van der Waals surface area contributed by atoms with E-state index >= 15 is 0 Å². The fourth-order valence-electron chi connectivity index (χ4n) is 0.465. The third-order valence-electron chi connectivity index (χ3n) is 2.29. The lowest BCUT2D eigenvalue weighted by molar-refractivity contribution is -0.123. The molecule has 0 radical (unpaired) electrons. The number of hydrogen-bond acceptors (Lipinski definition) is 4. The first-order valence-electron chi connectivity index (χ1n) is 7.90. The zero-order chi connectivity index (χ0) is 20.3. The van der Waals surface area contributed by atoms with Crippen LogP contribution in [-0.4, -0.2) is 37.7 Å². The highest BCUT2D eigenvalue weighted by atomic mass is 16.2. The van der Waals surface area contributed by atoms with Crippen LogP contribution in [0.5, 0.6) is 0 Å². The summed E-state index contributed by atoms with van der Waals surface area (Å²) in [6.45, 7) is 10.8. The van der Waals surface area contributed by atoms with Crippen LogP contribution < -0.4 is 22.1 Å². The highest BCUT2D eigenvalue weighted by Gasteiger charge is 2.00. The van der Waals surface area contributed by atoms with Crippen molar-refractivity contribution in [3.05, 3.63) is 0 Å². The van der Waals surface area contributed by atoms with Crippen LogP contribution in [0, 0.1) is 11.8 Å². The molecular formula is C16H36N4O4. The number of carbonyl (C=O) groups excluding carboxylic acids is 4. The highest BCUT2D eigenvalue weighted by molar-refractivity contribution is 5.77. The molecule has 0 spiro atoms. The summed E-state index contributed by atoms with van der Waals surface area (Å²) in [7, 11) is 3.27. The lowest BCUT2D eigenvalue weighted by Gasteiger charge is -1.98. The summed E-state index contributed by atoms with van der Waals surface area (Å²) >= 11 is 0. The van der Waals surface area contributed by atoms with E-state index in [4.69, 9.17) is 5.73 Å². The summed E-state index contributed by atoms with van der Waals surface area (Å²) in [5, 5.41) is 5.00. The molecule has 8 heteroatoms. The van der Waals surface area contributed by atoms with Crippen molar-refractivity contribution in [1.82, 2.24) is 10.6 Å². The fraction of sp³-hybridized carbons (Fsp3) is 0.750. The Morgan fingerprint density at radius 3 is 1.12 bits per heavy atom. The summed E-state index contributed by atoms with van der Waals surface area (Å²) < 4.78 is 0. The van der Waals surface area contributed by atoms with Crippen LogP contribution in [0.3, 0.4) is 0 Å². The maximum absolute atomic E-state index is 10.4. The lowest BCUT2D eigenvalue weighted by atomic mass is 10.2. The number of amides is 4. The van der Waals surface area contributed by atoms with E-state index in [0.717, 1.165) is 0 Å². The molecule has 0 atom stereocenters. The number of rotatable bonds is 4. The smallest absolute Gasteiger partial charge is 0.222 e.